The topological polar surface area (TPSA) is 81.1 Å². The predicted molar refractivity (Wildman–Crippen MR) is 109 cm³/mol. The summed E-state index contributed by atoms with van der Waals surface area (Å²) in [6.07, 6.45) is 0. The van der Waals surface area contributed by atoms with Crippen LogP contribution in [0.1, 0.15) is 13.8 Å². The van der Waals surface area contributed by atoms with Gasteiger partial charge in [0.15, 0.2) is 24.6 Å². The first-order valence-corrected chi connectivity index (χ1v) is 9.47. The van der Waals surface area contributed by atoms with Crippen molar-refractivity contribution in [3.63, 3.8) is 0 Å². The van der Waals surface area contributed by atoms with E-state index in [1.54, 1.807) is 25.2 Å². The summed E-state index contributed by atoms with van der Waals surface area (Å²) in [6, 6.07) is 10.7. The molecule has 1 atom stereocenters. The molecule has 0 radical (unpaired) electrons. The molecule has 29 heavy (non-hydrogen) atoms. The highest BCUT2D eigenvalue weighted by Gasteiger charge is 2.15. The Balaban J connectivity index is 1.86. The normalized spacial score (nSPS) is 11.4. The van der Waals surface area contributed by atoms with E-state index in [4.69, 9.17) is 9.47 Å². The summed E-state index contributed by atoms with van der Waals surface area (Å²) in [4.78, 5) is 25.1. The minimum absolute atomic E-state index is 0.0955. The van der Waals surface area contributed by atoms with Crippen LogP contribution in [-0.4, -0.2) is 45.2 Å². The third-order valence-corrected chi connectivity index (χ3v) is 3.88. The Labute approximate surface area is 169 Å². The van der Waals surface area contributed by atoms with Crippen molar-refractivity contribution in [2.24, 2.45) is 0 Å². The Morgan fingerprint density at radius 3 is 1.97 bits per heavy atom. The van der Waals surface area contributed by atoms with E-state index in [-0.39, 0.29) is 30.7 Å². The van der Waals surface area contributed by atoms with E-state index in [1.165, 1.54) is 24.3 Å². The van der Waals surface area contributed by atoms with Gasteiger partial charge in [-0.25, -0.2) is 4.39 Å². The molecule has 2 aromatic rings. The van der Waals surface area contributed by atoms with Gasteiger partial charge in [-0.2, -0.15) is 0 Å². The van der Waals surface area contributed by atoms with E-state index in [1.807, 2.05) is 13.8 Å². The van der Waals surface area contributed by atoms with Crippen LogP contribution in [0.4, 0.5) is 15.8 Å². The third kappa shape index (κ3) is 7.42. The lowest BCUT2D eigenvalue weighted by Crippen LogP contribution is -3.11. The maximum atomic E-state index is 12.9. The second kappa shape index (κ2) is 11.0. The zero-order valence-electron chi connectivity index (χ0n) is 16.9. The lowest BCUT2D eigenvalue weighted by molar-refractivity contribution is -0.862. The molecule has 156 valence electrons. The summed E-state index contributed by atoms with van der Waals surface area (Å²) in [5.74, 6) is 0.313. The minimum Gasteiger partial charge on any atom is -0.490 e. The Morgan fingerprint density at radius 2 is 1.38 bits per heavy atom. The van der Waals surface area contributed by atoms with Crippen LogP contribution in [0.3, 0.4) is 0 Å². The van der Waals surface area contributed by atoms with E-state index in [9.17, 15) is 14.0 Å². The number of rotatable bonds is 10. The molecule has 7 nitrogen and oxygen atoms in total. The largest absolute Gasteiger partial charge is 0.490 e. The molecule has 2 aromatic carbocycles. The van der Waals surface area contributed by atoms with Gasteiger partial charge in [-0.3, -0.25) is 9.59 Å². The smallest absolute Gasteiger partial charge is 0.279 e. The number of benzene rings is 2. The van der Waals surface area contributed by atoms with Crippen LogP contribution in [0, 0.1) is 5.82 Å². The van der Waals surface area contributed by atoms with Crippen molar-refractivity contribution >= 4 is 23.2 Å². The van der Waals surface area contributed by atoms with E-state index < -0.39 is 0 Å². The van der Waals surface area contributed by atoms with Gasteiger partial charge >= 0.3 is 0 Å². The lowest BCUT2D eigenvalue weighted by Gasteiger charge is -2.15. The third-order valence-electron chi connectivity index (χ3n) is 3.88. The van der Waals surface area contributed by atoms with Gasteiger partial charge in [0.1, 0.15) is 5.82 Å². The molecular formula is C21H27FN3O4+. The van der Waals surface area contributed by atoms with Gasteiger partial charge in [-0.15, -0.1) is 0 Å². The highest BCUT2D eigenvalue weighted by atomic mass is 19.1. The monoisotopic (exact) mass is 404 g/mol. The van der Waals surface area contributed by atoms with Crippen molar-refractivity contribution in [3.05, 3.63) is 48.3 Å². The van der Waals surface area contributed by atoms with Gasteiger partial charge in [0.2, 0.25) is 0 Å². The summed E-state index contributed by atoms with van der Waals surface area (Å²) in [5.41, 5.74) is 1.09. The number of anilines is 2. The fourth-order valence-corrected chi connectivity index (χ4v) is 2.68. The SMILES string of the molecule is CCOc1ccc(NC(=O)C[NH+](C)CC(=O)Nc2ccc(F)cc2)cc1OCC. The number of likely N-dealkylation sites (N-methyl/N-ethyl adjacent to an activating group) is 1. The molecule has 2 rings (SSSR count). The Kier molecular flexibility index (Phi) is 8.42. The Hall–Kier alpha value is -3.13. The molecule has 0 spiro atoms. The molecule has 1 unspecified atom stereocenters. The van der Waals surface area contributed by atoms with Crippen LogP contribution in [0.25, 0.3) is 0 Å². The standard InChI is InChI=1S/C21H26FN3O4/c1-4-28-18-11-10-17(12-19(18)29-5-2)24-21(27)14-25(3)13-20(26)23-16-8-6-15(22)7-9-16/h6-12H,4-5,13-14H2,1-3H3,(H,23,26)(H,24,27)/p+1. The van der Waals surface area contributed by atoms with Crippen LogP contribution < -0.4 is 25.0 Å². The van der Waals surface area contributed by atoms with Crippen molar-refractivity contribution in [2.45, 2.75) is 13.8 Å². The van der Waals surface area contributed by atoms with Gasteiger partial charge in [0.25, 0.3) is 11.8 Å². The first-order valence-electron chi connectivity index (χ1n) is 9.47. The van der Waals surface area contributed by atoms with Gasteiger partial charge in [-0.05, 0) is 50.2 Å². The molecule has 0 bridgehead atoms. The van der Waals surface area contributed by atoms with Gasteiger partial charge in [-0.1, -0.05) is 0 Å². The van der Waals surface area contributed by atoms with Crippen molar-refractivity contribution in [2.75, 3.05) is 44.0 Å². The van der Waals surface area contributed by atoms with E-state index >= 15 is 0 Å². The number of quaternary nitrogens is 1. The Morgan fingerprint density at radius 1 is 0.862 bits per heavy atom. The van der Waals surface area contributed by atoms with Crippen LogP contribution in [0.15, 0.2) is 42.5 Å². The van der Waals surface area contributed by atoms with E-state index in [0.29, 0.717) is 41.0 Å². The van der Waals surface area contributed by atoms with Crippen LogP contribution in [0.2, 0.25) is 0 Å². The molecule has 0 fully saturated rings. The van der Waals surface area contributed by atoms with E-state index in [0.717, 1.165) is 0 Å². The quantitative estimate of drug-likeness (QED) is 0.563. The first-order chi connectivity index (χ1) is 13.9. The lowest BCUT2D eigenvalue weighted by atomic mass is 10.2. The molecule has 2 amide bonds. The highest BCUT2D eigenvalue weighted by Crippen LogP contribution is 2.30. The molecular weight excluding hydrogens is 377 g/mol. The molecule has 8 heteroatoms. The maximum Gasteiger partial charge on any atom is 0.279 e. The van der Waals surface area contributed by atoms with Crippen LogP contribution >= 0.6 is 0 Å². The summed E-state index contributed by atoms with van der Waals surface area (Å²) in [5, 5.41) is 5.48. The fourth-order valence-electron chi connectivity index (χ4n) is 2.68. The maximum absolute atomic E-state index is 12.9. The minimum atomic E-state index is -0.371. The van der Waals surface area contributed by atoms with Gasteiger partial charge < -0.3 is 25.0 Å². The fraction of sp³-hybridized carbons (Fsp3) is 0.333. The molecule has 3 N–H and O–H groups in total. The van der Waals surface area contributed by atoms with Gasteiger partial charge in [0, 0.05) is 17.4 Å². The van der Waals surface area contributed by atoms with Gasteiger partial charge in [0.05, 0.1) is 20.3 Å². The average Bonchev–Trinajstić information content (AvgIpc) is 2.65. The van der Waals surface area contributed by atoms with Crippen molar-refractivity contribution in [1.29, 1.82) is 0 Å². The summed E-state index contributed by atoms with van der Waals surface area (Å²) >= 11 is 0. The molecule has 0 heterocycles. The highest BCUT2D eigenvalue weighted by molar-refractivity contribution is 5.93. The summed E-state index contributed by atoms with van der Waals surface area (Å²) in [6.45, 7) is 4.95. The number of hydrogen-bond acceptors (Lipinski definition) is 4. The number of halogens is 1. The van der Waals surface area contributed by atoms with Crippen molar-refractivity contribution in [1.82, 2.24) is 0 Å². The number of carbonyl (C=O) groups is 2. The van der Waals surface area contributed by atoms with Crippen molar-refractivity contribution < 1.29 is 28.4 Å². The van der Waals surface area contributed by atoms with Crippen molar-refractivity contribution in [3.8, 4) is 11.5 Å². The number of amides is 2. The molecule has 0 aliphatic heterocycles. The predicted octanol–water partition coefficient (Wildman–Crippen LogP) is 1.72. The molecule has 0 aliphatic rings. The molecule has 0 saturated heterocycles. The average molecular weight is 404 g/mol. The first kappa shape index (κ1) is 22.2. The number of ether oxygens (including phenoxy) is 2. The van der Waals surface area contributed by atoms with Crippen LogP contribution in [0.5, 0.6) is 11.5 Å². The molecule has 0 saturated carbocycles. The second-order valence-corrected chi connectivity index (χ2v) is 6.44. The number of hydrogen-bond donors (Lipinski definition) is 3. The second-order valence-electron chi connectivity index (χ2n) is 6.44. The molecule has 0 aromatic heterocycles. The Bertz CT molecular complexity index is 827. The summed E-state index contributed by atoms with van der Waals surface area (Å²) < 4.78 is 24.0. The zero-order valence-corrected chi connectivity index (χ0v) is 16.9. The molecule has 0 aliphatic carbocycles. The van der Waals surface area contributed by atoms with Crippen LogP contribution in [-0.2, 0) is 9.59 Å². The number of carbonyl (C=O) groups excluding carboxylic acids is 2. The van der Waals surface area contributed by atoms with E-state index in [2.05, 4.69) is 10.6 Å². The zero-order chi connectivity index (χ0) is 21.2. The summed E-state index contributed by atoms with van der Waals surface area (Å²) in [7, 11) is 1.74. The number of nitrogens with one attached hydrogen (secondary N) is 3.